The number of aromatic nitrogens is 2. The zero-order valence-corrected chi connectivity index (χ0v) is 18.1. The lowest BCUT2D eigenvalue weighted by atomic mass is 10.1. The van der Waals surface area contributed by atoms with Crippen molar-refractivity contribution in [2.45, 2.75) is 30.1 Å². The molecule has 2 rings (SSSR count). The molecule has 1 heterocycles. The zero-order valence-electron chi connectivity index (χ0n) is 17.3. The Hall–Kier alpha value is -3.73. The number of nitrogen functional groups attached to an aromatic ring is 1. The molecular formula is C19H20F3N7O3S. The van der Waals surface area contributed by atoms with E-state index in [1.807, 2.05) is 6.07 Å². The number of nitrogens with one attached hydrogen (secondary N) is 2. The first-order valence-electron chi connectivity index (χ1n) is 9.33. The molecule has 14 heteroatoms. The van der Waals surface area contributed by atoms with E-state index in [4.69, 9.17) is 11.5 Å². The van der Waals surface area contributed by atoms with Gasteiger partial charge in [0.1, 0.15) is 22.7 Å². The first kappa shape index (κ1) is 25.5. The third kappa shape index (κ3) is 7.42. The molecule has 0 aliphatic heterocycles. The van der Waals surface area contributed by atoms with Crippen LogP contribution in [0.1, 0.15) is 24.0 Å². The molecule has 6 N–H and O–H groups in total. The lowest BCUT2D eigenvalue weighted by Crippen LogP contribution is -2.36. The predicted molar refractivity (Wildman–Crippen MR) is 115 cm³/mol. The van der Waals surface area contributed by atoms with Gasteiger partial charge in [0.2, 0.25) is 11.9 Å². The van der Waals surface area contributed by atoms with Gasteiger partial charge >= 0.3 is 12.3 Å². The number of benzene rings is 1. The number of hydrogen-bond donors (Lipinski definition) is 4. The molecule has 0 aliphatic rings. The standard InChI is InChI=1S/C19H20F3N7O3S/c1-33-16-12(9-23)14(28-17(24)29-16)27-13(6-3-7-32-18(25)31)15(30)26-11-5-2-4-10(8-11)19(20,21)22/h2,4-5,8,13H,3,6-7H2,1H3,(H2,25,31)(H,26,30)(H3,24,27,28,29)/t13-/m0/s1. The van der Waals surface area contributed by atoms with Crippen molar-refractivity contribution in [1.82, 2.24) is 9.97 Å². The van der Waals surface area contributed by atoms with Gasteiger partial charge in [-0.15, -0.1) is 11.8 Å². The van der Waals surface area contributed by atoms with E-state index in [-0.39, 0.29) is 47.5 Å². The molecule has 0 unspecified atom stereocenters. The number of ether oxygens (including phenoxy) is 1. The van der Waals surface area contributed by atoms with Gasteiger partial charge in [-0.2, -0.15) is 23.4 Å². The molecule has 0 bridgehead atoms. The lowest BCUT2D eigenvalue weighted by Gasteiger charge is -2.20. The number of nitrogens with zero attached hydrogens (tertiary/aromatic N) is 3. The monoisotopic (exact) mass is 483 g/mol. The average Bonchev–Trinajstić information content (AvgIpc) is 2.74. The third-order valence-electron chi connectivity index (χ3n) is 4.16. The summed E-state index contributed by atoms with van der Waals surface area (Å²) in [6.07, 6.45) is -3.67. The first-order valence-corrected chi connectivity index (χ1v) is 10.6. The van der Waals surface area contributed by atoms with Crippen LogP contribution >= 0.6 is 11.8 Å². The molecule has 0 aliphatic carbocycles. The zero-order chi connectivity index (χ0) is 24.6. The fourth-order valence-corrected chi connectivity index (χ4v) is 3.24. The highest BCUT2D eigenvalue weighted by molar-refractivity contribution is 7.98. The first-order chi connectivity index (χ1) is 15.5. The van der Waals surface area contributed by atoms with Crippen molar-refractivity contribution in [1.29, 1.82) is 5.26 Å². The molecule has 0 radical (unpaired) electrons. The number of nitriles is 1. The second-order valence-corrected chi connectivity index (χ2v) is 7.30. The third-order valence-corrected chi connectivity index (χ3v) is 4.85. The fourth-order valence-electron chi connectivity index (χ4n) is 2.71. The van der Waals surface area contributed by atoms with E-state index in [2.05, 4.69) is 25.3 Å². The van der Waals surface area contributed by atoms with Crippen LogP contribution in [0.2, 0.25) is 0 Å². The van der Waals surface area contributed by atoms with Crippen molar-refractivity contribution in [3.8, 4) is 6.07 Å². The van der Waals surface area contributed by atoms with Crippen LogP contribution in [0.5, 0.6) is 0 Å². The van der Waals surface area contributed by atoms with Gasteiger partial charge in [-0.05, 0) is 37.3 Å². The van der Waals surface area contributed by atoms with Crippen LogP contribution in [-0.2, 0) is 15.7 Å². The maximum Gasteiger partial charge on any atom is 0.416 e. The van der Waals surface area contributed by atoms with Crippen molar-refractivity contribution < 1.29 is 27.5 Å². The Kier molecular flexibility index (Phi) is 8.69. The molecule has 0 fully saturated rings. The van der Waals surface area contributed by atoms with Crippen molar-refractivity contribution in [2.75, 3.05) is 29.2 Å². The summed E-state index contributed by atoms with van der Waals surface area (Å²) in [7, 11) is 0. The minimum absolute atomic E-state index is 0.0191. The Bertz CT molecular complexity index is 1060. The van der Waals surface area contributed by atoms with Crippen molar-refractivity contribution in [3.63, 3.8) is 0 Å². The van der Waals surface area contributed by atoms with Gasteiger partial charge in [-0.1, -0.05) is 6.07 Å². The molecule has 1 aromatic carbocycles. The minimum Gasteiger partial charge on any atom is -0.450 e. The van der Waals surface area contributed by atoms with E-state index >= 15 is 0 Å². The average molecular weight is 483 g/mol. The summed E-state index contributed by atoms with van der Waals surface area (Å²) in [5, 5.41) is 15.0. The number of rotatable bonds is 9. The number of anilines is 3. The van der Waals surface area contributed by atoms with Crippen molar-refractivity contribution in [3.05, 3.63) is 35.4 Å². The minimum atomic E-state index is -4.58. The quantitative estimate of drug-likeness (QED) is 0.238. The van der Waals surface area contributed by atoms with Gasteiger partial charge in [0.15, 0.2) is 5.82 Å². The smallest absolute Gasteiger partial charge is 0.416 e. The summed E-state index contributed by atoms with van der Waals surface area (Å²) < 4.78 is 43.6. The highest BCUT2D eigenvalue weighted by Crippen LogP contribution is 2.31. The van der Waals surface area contributed by atoms with Crippen LogP contribution in [0.4, 0.5) is 35.4 Å². The van der Waals surface area contributed by atoms with Crippen LogP contribution < -0.4 is 22.1 Å². The summed E-state index contributed by atoms with van der Waals surface area (Å²) >= 11 is 1.14. The van der Waals surface area contributed by atoms with Crippen LogP contribution in [0.3, 0.4) is 0 Å². The fraction of sp³-hybridized carbons (Fsp3) is 0.316. The van der Waals surface area contributed by atoms with Crippen LogP contribution in [-0.4, -0.2) is 40.9 Å². The van der Waals surface area contributed by atoms with E-state index < -0.39 is 29.8 Å². The number of carbonyl (C=O) groups excluding carboxylic acids is 2. The van der Waals surface area contributed by atoms with Gasteiger partial charge in [0.05, 0.1) is 12.2 Å². The van der Waals surface area contributed by atoms with Gasteiger partial charge in [-0.25, -0.2) is 9.78 Å². The summed E-state index contributed by atoms with van der Waals surface area (Å²) in [6, 6.07) is 4.98. The number of carbonyl (C=O) groups is 2. The number of thioether (sulfide) groups is 1. The summed E-state index contributed by atoms with van der Waals surface area (Å²) in [5.74, 6) is -0.871. The van der Waals surface area contributed by atoms with Gasteiger partial charge in [-0.3, -0.25) is 4.79 Å². The molecule has 10 nitrogen and oxygen atoms in total. The van der Waals surface area contributed by atoms with Crippen LogP contribution in [0.25, 0.3) is 0 Å². The topological polar surface area (TPSA) is 169 Å². The number of hydrogen-bond acceptors (Lipinski definition) is 9. The SMILES string of the molecule is CSc1nc(N)nc(N[C@@H](CCCOC(N)=O)C(=O)Nc2cccc(C(F)(F)F)c2)c1C#N. The second kappa shape index (κ2) is 11.2. The Morgan fingerprint density at radius 1 is 1.33 bits per heavy atom. The second-order valence-electron chi connectivity index (χ2n) is 6.50. The normalized spacial score (nSPS) is 11.8. The molecule has 0 saturated carbocycles. The number of alkyl halides is 3. The molecule has 2 aromatic rings. The van der Waals surface area contributed by atoms with Crippen molar-refractivity contribution >= 4 is 41.2 Å². The largest absolute Gasteiger partial charge is 0.450 e. The molecule has 1 atom stereocenters. The number of halogens is 3. The van der Waals surface area contributed by atoms with E-state index in [1.165, 1.54) is 6.07 Å². The summed E-state index contributed by atoms with van der Waals surface area (Å²) in [6.45, 7) is -0.0998. The van der Waals surface area contributed by atoms with E-state index in [0.717, 1.165) is 30.0 Å². The maximum absolute atomic E-state index is 13.0. The number of nitrogens with two attached hydrogens (primary N) is 2. The van der Waals surface area contributed by atoms with E-state index in [9.17, 15) is 28.0 Å². The summed E-state index contributed by atoms with van der Waals surface area (Å²) in [4.78, 5) is 31.6. The number of amides is 2. The molecule has 2 amide bonds. The molecule has 1 aromatic heterocycles. The molecule has 33 heavy (non-hydrogen) atoms. The van der Waals surface area contributed by atoms with Gasteiger partial charge < -0.3 is 26.8 Å². The Morgan fingerprint density at radius 2 is 2.06 bits per heavy atom. The van der Waals surface area contributed by atoms with Crippen LogP contribution in [0, 0.1) is 11.3 Å². The highest BCUT2D eigenvalue weighted by atomic mass is 32.2. The van der Waals surface area contributed by atoms with Gasteiger partial charge in [0.25, 0.3) is 0 Å². The van der Waals surface area contributed by atoms with Gasteiger partial charge in [0, 0.05) is 5.69 Å². The Labute approximate surface area is 190 Å². The molecular weight excluding hydrogens is 463 g/mol. The number of primary amides is 1. The Balaban J connectivity index is 2.29. The predicted octanol–water partition coefficient (Wildman–Crippen LogP) is 2.97. The van der Waals surface area contributed by atoms with Crippen LogP contribution in [0.15, 0.2) is 29.3 Å². The Morgan fingerprint density at radius 3 is 2.67 bits per heavy atom. The lowest BCUT2D eigenvalue weighted by molar-refractivity contribution is -0.137. The van der Waals surface area contributed by atoms with E-state index in [1.54, 1.807) is 6.26 Å². The van der Waals surface area contributed by atoms with Crippen molar-refractivity contribution in [2.24, 2.45) is 5.73 Å². The van der Waals surface area contributed by atoms with E-state index in [0.29, 0.717) is 0 Å². The highest BCUT2D eigenvalue weighted by Gasteiger charge is 2.31. The summed E-state index contributed by atoms with van der Waals surface area (Å²) in [5.41, 5.74) is 9.63. The molecule has 0 spiro atoms. The molecule has 0 saturated heterocycles. The maximum atomic E-state index is 13.0. The molecule has 176 valence electrons.